The maximum Gasteiger partial charge on any atom is 0.410 e. The fourth-order valence-electron chi connectivity index (χ4n) is 4.16. The molecule has 0 radical (unpaired) electrons. The van der Waals surface area contributed by atoms with Crippen molar-refractivity contribution >= 4 is 17.5 Å². The average molecular weight is 438 g/mol. The van der Waals surface area contributed by atoms with Gasteiger partial charge in [-0.15, -0.1) is 4.72 Å². The van der Waals surface area contributed by atoms with Crippen LogP contribution in [0.25, 0.3) is 0 Å². The predicted octanol–water partition coefficient (Wildman–Crippen LogP) is 3.76. The third kappa shape index (κ3) is 4.86. The van der Waals surface area contributed by atoms with Crippen LogP contribution in [0.4, 0.5) is 4.79 Å². The Balaban J connectivity index is 1.83. The maximum absolute atomic E-state index is 13.0. The molecule has 1 aliphatic carbocycles. The van der Waals surface area contributed by atoms with Crippen LogP contribution < -0.4 is 9.46 Å². The Morgan fingerprint density at radius 2 is 1.90 bits per heavy atom. The van der Waals surface area contributed by atoms with Crippen molar-refractivity contribution in [3.05, 3.63) is 23.5 Å². The monoisotopic (exact) mass is 437 g/mol. The molecule has 1 spiro atoms. The van der Waals surface area contributed by atoms with E-state index in [1.54, 1.807) is 18.2 Å². The first-order valence-electron chi connectivity index (χ1n) is 10.5. The van der Waals surface area contributed by atoms with E-state index < -0.39 is 17.0 Å². The first-order chi connectivity index (χ1) is 13.8. The number of ether oxygens (including phenoxy) is 2. The van der Waals surface area contributed by atoms with Gasteiger partial charge < -0.3 is 18.9 Å². The summed E-state index contributed by atoms with van der Waals surface area (Å²) in [5, 5.41) is 0. The number of piperidine rings is 1. The molecule has 7 nitrogen and oxygen atoms in total. The molecule has 0 bridgehead atoms. The van der Waals surface area contributed by atoms with Gasteiger partial charge in [0.2, 0.25) is 0 Å². The van der Waals surface area contributed by atoms with Crippen molar-refractivity contribution < 1.29 is 18.8 Å². The molecule has 30 heavy (non-hydrogen) atoms. The highest BCUT2D eigenvalue weighted by Crippen LogP contribution is 2.52. The van der Waals surface area contributed by atoms with Gasteiger partial charge >= 0.3 is 6.09 Å². The van der Waals surface area contributed by atoms with Crippen molar-refractivity contribution in [1.29, 1.82) is 0 Å². The van der Waals surface area contributed by atoms with Crippen molar-refractivity contribution in [2.75, 3.05) is 20.2 Å². The standard InChI is InChI=1S/C22H35N3O4S/c1-20(2,3)29-19(26)25-10-8-22(9-11-25)13-17-16(12-15(28-7)14-23-17)18(22)24-30(27)21(4,5)6/h12,14,18,24H,8-11,13H2,1-7H3/t18-,30?/m0/s1. The summed E-state index contributed by atoms with van der Waals surface area (Å²) in [7, 11) is 1.63. The molecule has 2 heterocycles. The Kier molecular flexibility index (Phi) is 6.33. The number of nitrogens with zero attached hydrogens (tertiary/aromatic N) is 2. The molecule has 1 aromatic rings. The minimum Gasteiger partial charge on any atom is -0.598 e. The second-order valence-corrected chi connectivity index (χ2v) is 12.3. The van der Waals surface area contributed by atoms with Gasteiger partial charge in [-0.1, -0.05) is 0 Å². The smallest absolute Gasteiger partial charge is 0.410 e. The summed E-state index contributed by atoms with van der Waals surface area (Å²) in [6, 6.07) is 1.91. The topological polar surface area (TPSA) is 86.8 Å². The first-order valence-corrected chi connectivity index (χ1v) is 11.7. The van der Waals surface area contributed by atoms with Crippen molar-refractivity contribution in [2.45, 2.75) is 77.2 Å². The highest BCUT2D eigenvalue weighted by molar-refractivity contribution is 7.90. The molecule has 2 aliphatic rings. The quantitative estimate of drug-likeness (QED) is 0.725. The van der Waals surface area contributed by atoms with E-state index in [-0.39, 0.29) is 22.3 Å². The van der Waals surface area contributed by atoms with Crippen LogP contribution in [0, 0.1) is 5.41 Å². The lowest BCUT2D eigenvalue weighted by atomic mass is 9.73. The van der Waals surface area contributed by atoms with E-state index in [0.717, 1.165) is 30.5 Å². The fraction of sp³-hybridized carbons (Fsp3) is 0.727. The summed E-state index contributed by atoms with van der Waals surface area (Å²) < 4.78 is 27.0. The molecule has 168 valence electrons. The fourth-order valence-corrected chi connectivity index (χ4v) is 5.11. The molecule has 1 aliphatic heterocycles. The number of rotatable bonds is 3. The largest absolute Gasteiger partial charge is 0.598 e. The number of amides is 1. The summed E-state index contributed by atoms with van der Waals surface area (Å²) in [6.45, 7) is 12.8. The zero-order valence-electron chi connectivity index (χ0n) is 19.2. The number of nitrogens with one attached hydrogen (secondary N) is 1. The van der Waals surface area contributed by atoms with Gasteiger partial charge in [0.15, 0.2) is 0 Å². The van der Waals surface area contributed by atoms with Crippen LogP contribution in [0.2, 0.25) is 0 Å². The number of fused-ring (bicyclic) bond motifs is 1. The van der Waals surface area contributed by atoms with Crippen molar-refractivity contribution in [3.63, 3.8) is 0 Å². The van der Waals surface area contributed by atoms with E-state index in [0.29, 0.717) is 18.8 Å². The Morgan fingerprint density at radius 1 is 1.27 bits per heavy atom. The lowest BCUT2D eigenvalue weighted by molar-refractivity contribution is 0.00711. The molecule has 1 saturated heterocycles. The zero-order chi connectivity index (χ0) is 22.3. The van der Waals surface area contributed by atoms with Crippen molar-refractivity contribution in [1.82, 2.24) is 14.6 Å². The van der Waals surface area contributed by atoms with E-state index in [1.807, 2.05) is 47.6 Å². The van der Waals surface area contributed by atoms with Crippen molar-refractivity contribution in [2.24, 2.45) is 5.41 Å². The Morgan fingerprint density at radius 3 is 2.43 bits per heavy atom. The predicted molar refractivity (Wildman–Crippen MR) is 118 cm³/mol. The molecular weight excluding hydrogens is 402 g/mol. The molecule has 8 heteroatoms. The Hall–Kier alpha value is -1.51. The van der Waals surface area contributed by atoms with Gasteiger partial charge in [0.25, 0.3) is 0 Å². The number of hydrogen-bond donors (Lipinski definition) is 1. The van der Waals surface area contributed by atoms with E-state index in [4.69, 9.17) is 9.47 Å². The Bertz CT molecular complexity index is 780. The van der Waals surface area contributed by atoms with Gasteiger partial charge in [-0.05, 0) is 72.4 Å². The van der Waals surface area contributed by atoms with Gasteiger partial charge in [0, 0.05) is 35.6 Å². The summed E-state index contributed by atoms with van der Waals surface area (Å²) in [5.74, 6) is 0.699. The number of methoxy groups -OCH3 is 1. The molecule has 1 fully saturated rings. The maximum atomic E-state index is 13.0. The minimum atomic E-state index is -1.23. The number of hydrogen-bond acceptors (Lipinski definition) is 6. The van der Waals surface area contributed by atoms with E-state index >= 15 is 0 Å². The Labute approximate surface area is 183 Å². The van der Waals surface area contributed by atoms with Crippen LogP contribution in [-0.2, 0) is 22.5 Å². The number of carbonyl (C=O) groups is 1. The lowest BCUT2D eigenvalue weighted by Crippen LogP contribution is -2.51. The van der Waals surface area contributed by atoms with Crippen LogP contribution in [0.5, 0.6) is 5.75 Å². The third-order valence-corrected chi connectivity index (χ3v) is 7.41. The number of carbonyl (C=O) groups excluding carboxylic acids is 1. The van der Waals surface area contributed by atoms with E-state index in [9.17, 15) is 9.35 Å². The van der Waals surface area contributed by atoms with Crippen LogP contribution >= 0.6 is 0 Å². The molecule has 0 saturated carbocycles. The number of aromatic nitrogens is 1. The molecule has 1 amide bonds. The summed E-state index contributed by atoms with van der Waals surface area (Å²) >= 11 is -1.23. The SMILES string of the molecule is COc1cnc2c(c1)[C@H](N[S+]([O-])C(C)(C)C)C1(CCN(C(=O)OC(C)(C)C)CC1)C2. The minimum absolute atomic E-state index is 0.101. The van der Waals surface area contributed by atoms with Gasteiger partial charge in [0.1, 0.15) is 16.1 Å². The third-order valence-electron chi connectivity index (χ3n) is 5.85. The zero-order valence-corrected chi connectivity index (χ0v) is 20.0. The average Bonchev–Trinajstić information content (AvgIpc) is 2.92. The van der Waals surface area contributed by atoms with Crippen LogP contribution in [0.3, 0.4) is 0 Å². The number of likely N-dealkylation sites (tertiary alicyclic amines) is 1. The van der Waals surface area contributed by atoms with Gasteiger partial charge in [-0.25, -0.2) is 4.79 Å². The van der Waals surface area contributed by atoms with Crippen LogP contribution in [-0.4, -0.2) is 51.1 Å². The highest BCUT2D eigenvalue weighted by atomic mass is 32.2. The molecular formula is C22H35N3O4S. The summed E-state index contributed by atoms with van der Waals surface area (Å²) in [5.41, 5.74) is 1.42. The van der Waals surface area contributed by atoms with E-state index in [1.165, 1.54) is 0 Å². The molecule has 3 rings (SSSR count). The van der Waals surface area contributed by atoms with Gasteiger partial charge in [-0.3, -0.25) is 4.98 Å². The molecule has 0 aromatic carbocycles. The lowest BCUT2D eigenvalue weighted by Gasteiger charge is -2.43. The molecule has 1 aromatic heterocycles. The van der Waals surface area contributed by atoms with Crippen molar-refractivity contribution in [3.8, 4) is 5.75 Å². The number of pyridine rings is 1. The van der Waals surface area contributed by atoms with Crippen LogP contribution in [0.1, 0.15) is 71.7 Å². The normalized spacial score (nSPS) is 22.0. The van der Waals surface area contributed by atoms with Crippen LogP contribution in [0.15, 0.2) is 12.3 Å². The van der Waals surface area contributed by atoms with E-state index in [2.05, 4.69) is 9.71 Å². The van der Waals surface area contributed by atoms with Gasteiger partial charge in [0.05, 0.1) is 19.3 Å². The summed E-state index contributed by atoms with van der Waals surface area (Å²) in [4.78, 5) is 18.9. The summed E-state index contributed by atoms with van der Waals surface area (Å²) in [6.07, 6.45) is 3.86. The second kappa shape index (κ2) is 8.20. The molecule has 2 atom stereocenters. The first kappa shape index (κ1) is 23.2. The van der Waals surface area contributed by atoms with Gasteiger partial charge in [-0.2, -0.15) is 0 Å². The molecule has 1 N–H and O–H groups in total. The highest BCUT2D eigenvalue weighted by Gasteiger charge is 2.52. The second-order valence-electron chi connectivity index (χ2n) is 10.3. The molecule has 1 unspecified atom stereocenters.